The Labute approximate surface area is 103 Å². The molecule has 1 heterocycles. The van der Waals surface area contributed by atoms with E-state index in [1.54, 1.807) is 19.6 Å². The number of ether oxygens (including phenoxy) is 2. The third-order valence-electron chi connectivity index (χ3n) is 2.50. The summed E-state index contributed by atoms with van der Waals surface area (Å²) in [6, 6.07) is 3.74. The van der Waals surface area contributed by atoms with Crippen LogP contribution in [0, 0.1) is 6.92 Å². The zero-order chi connectivity index (χ0) is 12.4. The van der Waals surface area contributed by atoms with E-state index < -0.39 is 0 Å². The number of nitrogens with zero attached hydrogens (tertiary/aromatic N) is 1. The zero-order valence-electron chi connectivity index (χ0n) is 9.85. The highest BCUT2D eigenvalue weighted by Gasteiger charge is 2.15. The molecule has 0 saturated carbocycles. The number of benzene rings is 1. The van der Waals surface area contributed by atoms with Crippen LogP contribution < -0.4 is 9.47 Å². The summed E-state index contributed by atoms with van der Waals surface area (Å²) in [5.74, 6) is 1.52. The first kappa shape index (κ1) is 11.7. The molecule has 0 aliphatic heterocycles. The van der Waals surface area contributed by atoms with E-state index in [-0.39, 0.29) is 5.88 Å². The summed E-state index contributed by atoms with van der Waals surface area (Å²) in [5.41, 5.74) is 1.78. The fraction of sp³-hybridized carbons (Fsp3) is 0.250. The van der Waals surface area contributed by atoms with Crippen LogP contribution >= 0.6 is 11.3 Å². The maximum Gasteiger partial charge on any atom is 0.222 e. The molecule has 1 N–H and O–H groups in total. The zero-order valence-corrected chi connectivity index (χ0v) is 10.7. The summed E-state index contributed by atoms with van der Waals surface area (Å²) in [6.45, 7) is 1.93. The van der Waals surface area contributed by atoms with Gasteiger partial charge in [0.05, 0.1) is 25.2 Å². The number of aromatic nitrogens is 1. The highest BCUT2D eigenvalue weighted by molar-refractivity contribution is 7.13. The lowest BCUT2D eigenvalue weighted by atomic mass is 10.1. The summed E-state index contributed by atoms with van der Waals surface area (Å²) < 4.78 is 10.6. The van der Waals surface area contributed by atoms with Crippen LogP contribution in [0.25, 0.3) is 10.6 Å². The summed E-state index contributed by atoms with van der Waals surface area (Å²) in [6.07, 6.45) is 0. The van der Waals surface area contributed by atoms with Crippen molar-refractivity contribution in [3.8, 4) is 28.0 Å². The number of hydrogen-bond donors (Lipinski definition) is 1. The lowest BCUT2D eigenvalue weighted by Crippen LogP contribution is -1.94. The molecule has 0 aliphatic rings. The smallest absolute Gasteiger partial charge is 0.222 e. The summed E-state index contributed by atoms with van der Waals surface area (Å²) in [4.78, 5) is 4.04. The van der Waals surface area contributed by atoms with Crippen molar-refractivity contribution in [3.05, 3.63) is 23.1 Å². The van der Waals surface area contributed by atoms with Gasteiger partial charge in [0.25, 0.3) is 0 Å². The van der Waals surface area contributed by atoms with Crippen LogP contribution in [0.1, 0.15) is 5.56 Å². The maximum absolute atomic E-state index is 9.28. The SMILES string of the molecule is COc1ccc(-c2nc(O)cs2)c(OC)c1C. The molecule has 2 rings (SSSR count). The molecule has 90 valence electrons. The van der Waals surface area contributed by atoms with Gasteiger partial charge in [0.1, 0.15) is 16.5 Å². The Hall–Kier alpha value is -1.75. The van der Waals surface area contributed by atoms with Gasteiger partial charge in [-0.05, 0) is 19.1 Å². The molecule has 0 fully saturated rings. The van der Waals surface area contributed by atoms with Gasteiger partial charge >= 0.3 is 0 Å². The molecule has 0 amide bonds. The Morgan fingerprint density at radius 2 is 2.00 bits per heavy atom. The number of methoxy groups -OCH3 is 2. The largest absolute Gasteiger partial charge is 0.496 e. The van der Waals surface area contributed by atoms with E-state index in [0.717, 1.165) is 27.6 Å². The molecule has 0 bridgehead atoms. The predicted molar refractivity (Wildman–Crippen MR) is 67.1 cm³/mol. The molecule has 0 aliphatic carbocycles. The van der Waals surface area contributed by atoms with E-state index in [1.165, 1.54) is 11.3 Å². The molecule has 0 spiro atoms. The van der Waals surface area contributed by atoms with Crippen molar-refractivity contribution in [1.29, 1.82) is 0 Å². The highest BCUT2D eigenvalue weighted by Crippen LogP contribution is 2.39. The minimum atomic E-state index is 0.0283. The van der Waals surface area contributed by atoms with Gasteiger partial charge in [-0.3, -0.25) is 0 Å². The summed E-state index contributed by atoms with van der Waals surface area (Å²) in [7, 11) is 3.23. The van der Waals surface area contributed by atoms with E-state index in [0.29, 0.717) is 0 Å². The minimum absolute atomic E-state index is 0.0283. The summed E-state index contributed by atoms with van der Waals surface area (Å²) in [5, 5.41) is 11.6. The lowest BCUT2D eigenvalue weighted by Gasteiger charge is -2.12. The van der Waals surface area contributed by atoms with Gasteiger partial charge in [-0.25, -0.2) is 4.98 Å². The first-order valence-electron chi connectivity index (χ1n) is 5.03. The molecule has 2 aromatic rings. The fourth-order valence-electron chi connectivity index (χ4n) is 1.72. The van der Waals surface area contributed by atoms with Crippen LogP contribution in [-0.4, -0.2) is 24.3 Å². The molecule has 4 nitrogen and oxygen atoms in total. The summed E-state index contributed by atoms with van der Waals surface area (Å²) >= 11 is 1.37. The van der Waals surface area contributed by atoms with Crippen molar-refractivity contribution in [2.45, 2.75) is 6.92 Å². The van der Waals surface area contributed by atoms with Crippen LogP contribution in [0.5, 0.6) is 17.4 Å². The van der Waals surface area contributed by atoms with Gasteiger partial charge in [0.2, 0.25) is 5.88 Å². The topological polar surface area (TPSA) is 51.6 Å². The Bertz CT molecular complexity index is 537. The van der Waals surface area contributed by atoms with E-state index in [4.69, 9.17) is 9.47 Å². The third-order valence-corrected chi connectivity index (χ3v) is 3.37. The van der Waals surface area contributed by atoms with Gasteiger partial charge in [0.15, 0.2) is 0 Å². The Kier molecular flexibility index (Phi) is 3.19. The Balaban J connectivity index is 2.58. The van der Waals surface area contributed by atoms with Crippen molar-refractivity contribution in [3.63, 3.8) is 0 Å². The van der Waals surface area contributed by atoms with Gasteiger partial charge in [0, 0.05) is 5.56 Å². The molecule has 0 saturated heterocycles. The standard InChI is InChI=1S/C12H13NO3S/c1-7-9(15-2)5-4-8(11(7)16-3)12-13-10(14)6-17-12/h4-6,14H,1-3H3. The monoisotopic (exact) mass is 251 g/mol. The normalized spacial score (nSPS) is 10.3. The van der Waals surface area contributed by atoms with Gasteiger partial charge < -0.3 is 14.6 Å². The number of aromatic hydroxyl groups is 1. The first-order valence-corrected chi connectivity index (χ1v) is 5.91. The van der Waals surface area contributed by atoms with Crippen molar-refractivity contribution >= 4 is 11.3 Å². The number of rotatable bonds is 3. The molecule has 1 aromatic heterocycles. The van der Waals surface area contributed by atoms with Crippen LogP contribution in [0.15, 0.2) is 17.5 Å². The van der Waals surface area contributed by atoms with Gasteiger partial charge in [-0.2, -0.15) is 0 Å². The second-order valence-electron chi connectivity index (χ2n) is 3.48. The van der Waals surface area contributed by atoms with E-state index in [9.17, 15) is 5.11 Å². The van der Waals surface area contributed by atoms with Gasteiger partial charge in [-0.1, -0.05) is 0 Å². The Morgan fingerprint density at radius 1 is 1.24 bits per heavy atom. The quantitative estimate of drug-likeness (QED) is 0.911. The molecule has 0 unspecified atom stereocenters. The molecule has 17 heavy (non-hydrogen) atoms. The van der Waals surface area contributed by atoms with Crippen LogP contribution in [0.3, 0.4) is 0 Å². The van der Waals surface area contributed by atoms with Crippen LogP contribution in [0.4, 0.5) is 0 Å². The molecule has 0 atom stereocenters. The lowest BCUT2D eigenvalue weighted by molar-refractivity contribution is 0.390. The highest BCUT2D eigenvalue weighted by atomic mass is 32.1. The number of hydrogen-bond acceptors (Lipinski definition) is 5. The van der Waals surface area contributed by atoms with Crippen molar-refractivity contribution in [2.75, 3.05) is 14.2 Å². The maximum atomic E-state index is 9.28. The molecule has 0 radical (unpaired) electrons. The third kappa shape index (κ3) is 2.06. The van der Waals surface area contributed by atoms with Crippen molar-refractivity contribution in [2.24, 2.45) is 0 Å². The second kappa shape index (κ2) is 4.63. The van der Waals surface area contributed by atoms with Crippen molar-refractivity contribution < 1.29 is 14.6 Å². The van der Waals surface area contributed by atoms with Crippen LogP contribution in [-0.2, 0) is 0 Å². The number of thiazole rings is 1. The Morgan fingerprint density at radius 3 is 2.53 bits per heavy atom. The second-order valence-corrected chi connectivity index (χ2v) is 4.34. The molecular weight excluding hydrogens is 238 g/mol. The van der Waals surface area contributed by atoms with E-state index >= 15 is 0 Å². The van der Waals surface area contributed by atoms with Gasteiger partial charge in [-0.15, -0.1) is 11.3 Å². The average molecular weight is 251 g/mol. The molecule has 1 aromatic carbocycles. The minimum Gasteiger partial charge on any atom is -0.496 e. The fourth-order valence-corrected chi connectivity index (χ4v) is 2.42. The molecular formula is C12H13NO3S. The first-order chi connectivity index (χ1) is 8.17. The van der Waals surface area contributed by atoms with E-state index in [1.807, 2.05) is 19.1 Å². The van der Waals surface area contributed by atoms with E-state index in [2.05, 4.69) is 4.98 Å². The van der Waals surface area contributed by atoms with Crippen molar-refractivity contribution in [1.82, 2.24) is 4.98 Å². The average Bonchev–Trinajstić information content (AvgIpc) is 2.75. The predicted octanol–water partition coefficient (Wildman–Crippen LogP) is 2.84. The molecule has 5 heteroatoms. The van der Waals surface area contributed by atoms with Crippen LogP contribution in [0.2, 0.25) is 0 Å².